The second-order valence-corrected chi connectivity index (χ2v) is 3.61. The Morgan fingerprint density at radius 3 is 2.33 bits per heavy atom. The topological polar surface area (TPSA) is 15.3 Å². The molecule has 0 bridgehead atoms. The molecule has 0 aromatic heterocycles. The number of hydrogen-bond donors (Lipinski definition) is 1. The van der Waals surface area contributed by atoms with E-state index in [9.17, 15) is 0 Å². The Labute approximate surface area is 77.3 Å². The summed E-state index contributed by atoms with van der Waals surface area (Å²) in [6, 6.07) is 0. The molecule has 0 rings (SSSR count). The first-order valence-corrected chi connectivity index (χ1v) is 5.12. The number of unbranched alkanes of at least 4 members (excludes halogenated alkanes) is 3. The summed E-state index contributed by atoms with van der Waals surface area (Å²) in [6.07, 6.45) is 5.43. The summed E-state index contributed by atoms with van der Waals surface area (Å²) in [7, 11) is 4.22. The highest BCUT2D eigenvalue weighted by molar-refractivity contribution is 4.50. The van der Waals surface area contributed by atoms with Crippen molar-refractivity contribution in [1.82, 2.24) is 10.2 Å². The number of nitrogens with one attached hydrogen (secondary N) is 1. The summed E-state index contributed by atoms with van der Waals surface area (Å²) < 4.78 is 0. The van der Waals surface area contributed by atoms with E-state index in [0.29, 0.717) is 0 Å². The molecule has 12 heavy (non-hydrogen) atoms. The molecule has 0 saturated heterocycles. The minimum Gasteiger partial charge on any atom is -0.315 e. The number of nitrogens with zero attached hydrogens (tertiary/aromatic N) is 1. The van der Waals surface area contributed by atoms with Gasteiger partial charge < -0.3 is 10.2 Å². The fourth-order valence-corrected chi connectivity index (χ4v) is 1.10. The Hall–Kier alpha value is -0.0800. The van der Waals surface area contributed by atoms with Crippen molar-refractivity contribution in [1.29, 1.82) is 0 Å². The molecule has 0 aromatic rings. The number of likely N-dealkylation sites (N-methyl/N-ethyl adjacent to an activating group) is 1. The third-order valence-electron chi connectivity index (χ3n) is 1.94. The van der Waals surface area contributed by atoms with Crippen molar-refractivity contribution in [2.24, 2.45) is 0 Å². The van der Waals surface area contributed by atoms with Gasteiger partial charge in [-0.05, 0) is 27.1 Å². The lowest BCUT2D eigenvalue weighted by atomic mass is 10.2. The summed E-state index contributed by atoms with van der Waals surface area (Å²) >= 11 is 0. The highest BCUT2D eigenvalue weighted by atomic mass is 15.1. The van der Waals surface area contributed by atoms with Gasteiger partial charge in [0.05, 0.1) is 0 Å². The van der Waals surface area contributed by atoms with E-state index in [1.165, 1.54) is 32.2 Å². The average molecular weight is 172 g/mol. The van der Waals surface area contributed by atoms with Crippen LogP contribution in [0.15, 0.2) is 0 Å². The van der Waals surface area contributed by atoms with Gasteiger partial charge in [0.1, 0.15) is 0 Å². The van der Waals surface area contributed by atoms with Crippen LogP contribution in [0.25, 0.3) is 0 Å². The van der Waals surface area contributed by atoms with Gasteiger partial charge in [-0.2, -0.15) is 0 Å². The lowest BCUT2D eigenvalue weighted by molar-refractivity contribution is 0.398. The van der Waals surface area contributed by atoms with Crippen molar-refractivity contribution in [2.45, 2.75) is 32.6 Å². The molecule has 1 N–H and O–H groups in total. The molecule has 0 saturated carbocycles. The molecule has 0 amide bonds. The molecule has 0 aliphatic rings. The van der Waals surface area contributed by atoms with E-state index in [1.54, 1.807) is 0 Å². The van der Waals surface area contributed by atoms with Gasteiger partial charge in [0.15, 0.2) is 0 Å². The van der Waals surface area contributed by atoms with E-state index in [2.05, 4.69) is 31.2 Å². The minimum absolute atomic E-state index is 1.12. The van der Waals surface area contributed by atoms with Gasteiger partial charge in [0.2, 0.25) is 0 Å². The van der Waals surface area contributed by atoms with Crippen LogP contribution in [0.5, 0.6) is 0 Å². The molecule has 0 aliphatic carbocycles. The van der Waals surface area contributed by atoms with Gasteiger partial charge in [-0.1, -0.05) is 26.2 Å². The van der Waals surface area contributed by atoms with E-state index in [0.717, 1.165) is 13.1 Å². The Morgan fingerprint density at radius 2 is 1.75 bits per heavy atom. The first-order chi connectivity index (χ1) is 5.77. The molecule has 74 valence electrons. The van der Waals surface area contributed by atoms with Crippen LogP contribution >= 0.6 is 0 Å². The van der Waals surface area contributed by atoms with Gasteiger partial charge in [-0.15, -0.1) is 0 Å². The Kier molecular flexibility index (Phi) is 8.95. The van der Waals surface area contributed by atoms with Crippen molar-refractivity contribution >= 4 is 0 Å². The van der Waals surface area contributed by atoms with E-state index >= 15 is 0 Å². The third-order valence-corrected chi connectivity index (χ3v) is 1.94. The minimum atomic E-state index is 1.12. The molecule has 0 radical (unpaired) electrons. The molecule has 2 nitrogen and oxygen atoms in total. The molecule has 0 fully saturated rings. The number of rotatable bonds is 8. The van der Waals surface area contributed by atoms with Crippen LogP contribution < -0.4 is 5.32 Å². The third kappa shape index (κ3) is 9.92. The molecule has 2 heteroatoms. The lowest BCUT2D eigenvalue weighted by Crippen LogP contribution is -2.27. The maximum absolute atomic E-state index is 3.43. The summed E-state index contributed by atoms with van der Waals surface area (Å²) in [6.45, 7) is 5.71. The Balaban J connectivity index is 2.82. The van der Waals surface area contributed by atoms with E-state index in [-0.39, 0.29) is 0 Å². The fourth-order valence-electron chi connectivity index (χ4n) is 1.10. The van der Waals surface area contributed by atoms with Crippen LogP contribution in [-0.2, 0) is 0 Å². The van der Waals surface area contributed by atoms with Crippen molar-refractivity contribution < 1.29 is 0 Å². The summed E-state index contributed by atoms with van der Waals surface area (Å²) in [5, 5.41) is 3.43. The van der Waals surface area contributed by atoms with Crippen LogP contribution in [0.4, 0.5) is 0 Å². The van der Waals surface area contributed by atoms with Crippen LogP contribution in [0.2, 0.25) is 0 Å². The normalized spacial score (nSPS) is 11.0. The van der Waals surface area contributed by atoms with Gasteiger partial charge in [0, 0.05) is 13.1 Å². The molecule has 0 unspecified atom stereocenters. The lowest BCUT2D eigenvalue weighted by Gasteiger charge is -2.09. The standard InChI is InChI=1S/C10H24N2/c1-4-5-6-7-8-11-9-10-12(2)3/h11H,4-10H2,1-3H3. The van der Waals surface area contributed by atoms with Crippen LogP contribution in [0.1, 0.15) is 32.6 Å². The quantitative estimate of drug-likeness (QED) is 0.561. The first kappa shape index (κ1) is 11.9. The van der Waals surface area contributed by atoms with Crippen LogP contribution in [0, 0.1) is 0 Å². The molecule has 0 aromatic carbocycles. The predicted molar refractivity (Wildman–Crippen MR) is 55.6 cm³/mol. The van der Waals surface area contributed by atoms with Crippen molar-refractivity contribution in [3.63, 3.8) is 0 Å². The zero-order valence-corrected chi connectivity index (χ0v) is 8.90. The zero-order chi connectivity index (χ0) is 9.23. The first-order valence-electron chi connectivity index (χ1n) is 5.12. The molecular formula is C10H24N2. The molecular weight excluding hydrogens is 148 g/mol. The molecule has 0 spiro atoms. The van der Waals surface area contributed by atoms with E-state index < -0.39 is 0 Å². The smallest absolute Gasteiger partial charge is 0.0101 e. The second kappa shape index (κ2) is 9.01. The van der Waals surface area contributed by atoms with Crippen LogP contribution in [-0.4, -0.2) is 38.6 Å². The fraction of sp³-hybridized carbons (Fsp3) is 1.00. The van der Waals surface area contributed by atoms with Gasteiger partial charge in [-0.3, -0.25) is 0 Å². The van der Waals surface area contributed by atoms with Gasteiger partial charge in [0.25, 0.3) is 0 Å². The highest BCUT2D eigenvalue weighted by Gasteiger charge is 1.89. The summed E-state index contributed by atoms with van der Waals surface area (Å²) in [5.41, 5.74) is 0. The highest BCUT2D eigenvalue weighted by Crippen LogP contribution is 1.96. The Bertz CT molecular complexity index is 81.9. The summed E-state index contributed by atoms with van der Waals surface area (Å²) in [5.74, 6) is 0. The van der Waals surface area contributed by atoms with E-state index in [1.807, 2.05) is 0 Å². The molecule has 0 heterocycles. The number of hydrogen-bond acceptors (Lipinski definition) is 2. The maximum atomic E-state index is 3.43. The van der Waals surface area contributed by atoms with Crippen molar-refractivity contribution in [2.75, 3.05) is 33.7 Å². The monoisotopic (exact) mass is 172 g/mol. The van der Waals surface area contributed by atoms with Gasteiger partial charge >= 0.3 is 0 Å². The zero-order valence-electron chi connectivity index (χ0n) is 8.90. The maximum Gasteiger partial charge on any atom is 0.0101 e. The molecule has 0 aliphatic heterocycles. The second-order valence-electron chi connectivity index (χ2n) is 3.61. The summed E-state index contributed by atoms with van der Waals surface area (Å²) in [4.78, 5) is 2.21. The van der Waals surface area contributed by atoms with Crippen LogP contribution in [0.3, 0.4) is 0 Å². The molecule has 0 atom stereocenters. The predicted octanol–water partition coefficient (Wildman–Crippen LogP) is 1.72. The van der Waals surface area contributed by atoms with Gasteiger partial charge in [-0.25, -0.2) is 0 Å². The Morgan fingerprint density at radius 1 is 1.00 bits per heavy atom. The largest absolute Gasteiger partial charge is 0.315 e. The average Bonchev–Trinajstić information content (AvgIpc) is 2.02. The van der Waals surface area contributed by atoms with E-state index in [4.69, 9.17) is 0 Å². The van der Waals surface area contributed by atoms with Crippen molar-refractivity contribution in [3.8, 4) is 0 Å². The SMILES string of the molecule is CCCCCCNCCN(C)C. The van der Waals surface area contributed by atoms with Crippen molar-refractivity contribution in [3.05, 3.63) is 0 Å².